The molecule has 0 spiro atoms. The molecule has 4 nitrogen and oxygen atoms in total. The van der Waals surface area contributed by atoms with Crippen LogP contribution in [-0.4, -0.2) is 9.97 Å². The molecule has 19 heavy (non-hydrogen) atoms. The zero-order valence-electron chi connectivity index (χ0n) is 10.2. The molecule has 5 heteroatoms. The molecular weight excluding hydrogens is 256 g/mol. The van der Waals surface area contributed by atoms with E-state index in [2.05, 4.69) is 34.3 Å². The van der Waals surface area contributed by atoms with Crippen LogP contribution in [0.1, 0.15) is 11.3 Å². The van der Waals surface area contributed by atoms with E-state index in [1.807, 2.05) is 18.2 Å². The number of anilines is 2. The fraction of sp³-hybridized carbons (Fsp3) is 0.0714. The highest BCUT2D eigenvalue weighted by atomic mass is 32.1. The number of hydrogen-bond acceptors (Lipinski definition) is 5. The Balaban J connectivity index is 1.90. The van der Waals surface area contributed by atoms with E-state index in [1.54, 1.807) is 23.6 Å². The van der Waals surface area contributed by atoms with Crippen LogP contribution in [0.2, 0.25) is 0 Å². The Kier molecular flexibility index (Phi) is 2.86. The van der Waals surface area contributed by atoms with Crippen molar-refractivity contribution in [3.8, 4) is 6.07 Å². The SMILES string of the molecule is Cc1ccc2nc(Nc3ccc(C#N)nc3)sc2c1. The van der Waals surface area contributed by atoms with E-state index in [-0.39, 0.29) is 0 Å². The molecule has 0 unspecified atom stereocenters. The van der Waals surface area contributed by atoms with Gasteiger partial charge in [0.2, 0.25) is 0 Å². The molecule has 2 aromatic heterocycles. The molecule has 1 N–H and O–H groups in total. The number of nitrogens with one attached hydrogen (secondary N) is 1. The van der Waals surface area contributed by atoms with Crippen LogP contribution < -0.4 is 5.32 Å². The molecule has 0 aliphatic heterocycles. The quantitative estimate of drug-likeness (QED) is 0.769. The Labute approximate surface area is 114 Å². The van der Waals surface area contributed by atoms with E-state index < -0.39 is 0 Å². The van der Waals surface area contributed by atoms with Crippen LogP contribution in [0, 0.1) is 18.3 Å². The summed E-state index contributed by atoms with van der Waals surface area (Å²) >= 11 is 1.60. The molecule has 1 aromatic carbocycles. The van der Waals surface area contributed by atoms with Crippen molar-refractivity contribution in [3.05, 3.63) is 47.8 Å². The normalized spacial score (nSPS) is 10.3. The largest absolute Gasteiger partial charge is 0.330 e. The van der Waals surface area contributed by atoms with Gasteiger partial charge in [0, 0.05) is 0 Å². The van der Waals surface area contributed by atoms with Gasteiger partial charge >= 0.3 is 0 Å². The van der Waals surface area contributed by atoms with Crippen LogP contribution in [0.4, 0.5) is 10.8 Å². The maximum absolute atomic E-state index is 8.70. The lowest BCUT2D eigenvalue weighted by Crippen LogP contribution is -1.91. The summed E-state index contributed by atoms with van der Waals surface area (Å²) in [6.45, 7) is 2.07. The number of hydrogen-bond donors (Lipinski definition) is 1. The van der Waals surface area contributed by atoms with Crippen molar-refractivity contribution in [2.45, 2.75) is 6.92 Å². The van der Waals surface area contributed by atoms with Crippen molar-refractivity contribution in [2.75, 3.05) is 5.32 Å². The van der Waals surface area contributed by atoms with Gasteiger partial charge in [-0.15, -0.1) is 0 Å². The van der Waals surface area contributed by atoms with Crippen LogP contribution in [0.3, 0.4) is 0 Å². The van der Waals surface area contributed by atoms with Gasteiger partial charge in [-0.25, -0.2) is 9.97 Å². The summed E-state index contributed by atoms with van der Waals surface area (Å²) in [5, 5.41) is 12.7. The minimum Gasteiger partial charge on any atom is -0.330 e. The molecule has 3 aromatic rings. The number of fused-ring (bicyclic) bond motifs is 1. The number of thiazole rings is 1. The first-order valence-corrected chi connectivity index (χ1v) is 6.56. The fourth-order valence-electron chi connectivity index (χ4n) is 1.74. The highest BCUT2D eigenvalue weighted by Crippen LogP contribution is 2.28. The molecule has 3 rings (SSSR count). The Morgan fingerprint density at radius 2 is 2.16 bits per heavy atom. The third-order valence-corrected chi connectivity index (χ3v) is 3.61. The number of nitrogens with zero attached hydrogens (tertiary/aromatic N) is 3. The number of aromatic nitrogens is 2. The number of nitriles is 1. The summed E-state index contributed by atoms with van der Waals surface area (Å²) in [4.78, 5) is 8.52. The van der Waals surface area contributed by atoms with Crippen molar-refractivity contribution in [2.24, 2.45) is 0 Å². The summed E-state index contributed by atoms with van der Waals surface area (Å²) in [6, 6.07) is 11.7. The molecule has 92 valence electrons. The monoisotopic (exact) mass is 266 g/mol. The van der Waals surface area contributed by atoms with Gasteiger partial charge < -0.3 is 5.32 Å². The summed E-state index contributed by atoms with van der Waals surface area (Å²) in [5.74, 6) is 0. The summed E-state index contributed by atoms with van der Waals surface area (Å²) in [5.41, 5.74) is 3.45. The highest BCUT2D eigenvalue weighted by Gasteiger charge is 2.04. The van der Waals surface area contributed by atoms with E-state index in [0.29, 0.717) is 5.69 Å². The molecule has 2 heterocycles. The Morgan fingerprint density at radius 3 is 2.89 bits per heavy atom. The molecule has 0 saturated carbocycles. The Hall–Kier alpha value is -2.45. The number of benzene rings is 1. The van der Waals surface area contributed by atoms with E-state index in [0.717, 1.165) is 21.0 Å². The molecule has 0 amide bonds. The second-order valence-corrected chi connectivity index (χ2v) is 5.19. The Bertz CT molecular complexity index is 768. The fourth-order valence-corrected chi connectivity index (χ4v) is 2.73. The average Bonchev–Trinajstić information content (AvgIpc) is 2.81. The topological polar surface area (TPSA) is 61.6 Å². The van der Waals surface area contributed by atoms with Crippen LogP contribution in [0.5, 0.6) is 0 Å². The van der Waals surface area contributed by atoms with Gasteiger partial charge in [0.25, 0.3) is 0 Å². The molecule has 0 aliphatic rings. The van der Waals surface area contributed by atoms with Gasteiger partial charge in [0.15, 0.2) is 5.13 Å². The number of rotatable bonds is 2. The summed E-state index contributed by atoms with van der Waals surface area (Å²) in [7, 11) is 0. The van der Waals surface area contributed by atoms with Crippen molar-refractivity contribution in [1.29, 1.82) is 5.26 Å². The van der Waals surface area contributed by atoms with E-state index >= 15 is 0 Å². The third kappa shape index (κ3) is 2.39. The second kappa shape index (κ2) is 4.67. The third-order valence-electron chi connectivity index (χ3n) is 2.67. The van der Waals surface area contributed by atoms with Crippen molar-refractivity contribution >= 4 is 32.4 Å². The van der Waals surface area contributed by atoms with E-state index in [4.69, 9.17) is 5.26 Å². The first kappa shape index (κ1) is 11.6. The highest BCUT2D eigenvalue weighted by molar-refractivity contribution is 7.22. The smallest absolute Gasteiger partial charge is 0.188 e. The molecule has 0 radical (unpaired) electrons. The Morgan fingerprint density at radius 1 is 1.26 bits per heavy atom. The van der Waals surface area contributed by atoms with Crippen molar-refractivity contribution < 1.29 is 0 Å². The van der Waals surface area contributed by atoms with Gasteiger partial charge in [-0.3, -0.25) is 0 Å². The lowest BCUT2D eigenvalue weighted by atomic mass is 10.2. The minimum absolute atomic E-state index is 0.408. The molecule has 0 saturated heterocycles. The average molecular weight is 266 g/mol. The lowest BCUT2D eigenvalue weighted by Gasteiger charge is -2.00. The first-order chi connectivity index (χ1) is 9.24. The van der Waals surface area contributed by atoms with Crippen LogP contribution >= 0.6 is 11.3 Å². The van der Waals surface area contributed by atoms with Crippen LogP contribution in [0.15, 0.2) is 36.5 Å². The van der Waals surface area contributed by atoms with Crippen molar-refractivity contribution in [1.82, 2.24) is 9.97 Å². The first-order valence-electron chi connectivity index (χ1n) is 5.75. The van der Waals surface area contributed by atoms with Crippen molar-refractivity contribution in [3.63, 3.8) is 0 Å². The molecule has 0 bridgehead atoms. The predicted molar refractivity (Wildman–Crippen MR) is 76.6 cm³/mol. The van der Waals surface area contributed by atoms with Gasteiger partial charge in [-0.1, -0.05) is 17.4 Å². The van der Waals surface area contributed by atoms with Gasteiger partial charge in [-0.05, 0) is 36.8 Å². The lowest BCUT2D eigenvalue weighted by molar-refractivity contribution is 1.26. The summed E-state index contributed by atoms with van der Waals surface area (Å²) < 4.78 is 1.16. The van der Waals surface area contributed by atoms with Gasteiger partial charge in [0.1, 0.15) is 11.8 Å². The van der Waals surface area contributed by atoms with E-state index in [1.165, 1.54) is 5.56 Å². The number of aryl methyl sites for hydroxylation is 1. The van der Waals surface area contributed by atoms with E-state index in [9.17, 15) is 0 Å². The van der Waals surface area contributed by atoms with Crippen LogP contribution in [-0.2, 0) is 0 Å². The summed E-state index contributed by atoms with van der Waals surface area (Å²) in [6.07, 6.45) is 1.63. The predicted octanol–water partition coefficient (Wildman–Crippen LogP) is 3.62. The second-order valence-electron chi connectivity index (χ2n) is 4.16. The molecule has 0 aliphatic carbocycles. The maximum atomic E-state index is 8.70. The molecule has 0 fully saturated rings. The molecular formula is C14H10N4S. The van der Waals surface area contributed by atoms with Crippen LogP contribution in [0.25, 0.3) is 10.2 Å². The van der Waals surface area contributed by atoms with Gasteiger partial charge in [0.05, 0.1) is 22.1 Å². The minimum atomic E-state index is 0.408. The maximum Gasteiger partial charge on any atom is 0.188 e. The zero-order chi connectivity index (χ0) is 13.2. The number of pyridine rings is 1. The molecule has 0 atom stereocenters. The standard InChI is InChI=1S/C14H10N4S/c1-9-2-5-12-13(6-9)19-14(18-12)17-11-4-3-10(7-15)16-8-11/h2-6,8H,1H3,(H,17,18). The zero-order valence-corrected chi connectivity index (χ0v) is 11.0. The van der Waals surface area contributed by atoms with Gasteiger partial charge in [-0.2, -0.15) is 5.26 Å².